The lowest BCUT2D eigenvalue weighted by Gasteiger charge is -2.47. The van der Waals surface area contributed by atoms with E-state index in [1.807, 2.05) is 0 Å². The summed E-state index contributed by atoms with van der Waals surface area (Å²) in [6.45, 7) is 62.9. The summed E-state index contributed by atoms with van der Waals surface area (Å²) in [7, 11) is 0. The van der Waals surface area contributed by atoms with E-state index < -0.39 is 0 Å². The molecule has 402 valence electrons. The predicted octanol–water partition coefficient (Wildman–Crippen LogP) is 23.4. The molecule has 5 aliphatic carbocycles. The SMILES string of the molecule is CC(C)C1CCC(C)C(C)(C(C)C)C1.CCC(C)(C)C1CCCC(C)(C(C)C)C1.CCC1(C)CC(C(C)C)CCC1C.CCC1(C)CCCC(C(C)(C)CC)C1.CCC1CCC(C)C(C)(C)C1. The van der Waals surface area contributed by atoms with Gasteiger partial charge in [-0.2, -0.15) is 0 Å². The molecule has 0 nitrogen and oxygen atoms in total. The molecule has 0 aromatic rings. The van der Waals surface area contributed by atoms with Crippen LogP contribution in [0.1, 0.15) is 321 Å². The second-order valence-corrected chi connectivity index (χ2v) is 30.2. The highest BCUT2D eigenvalue weighted by molar-refractivity contribution is 4.93. The third kappa shape index (κ3) is 19.4. The van der Waals surface area contributed by atoms with Gasteiger partial charge in [-0.1, -0.05) is 231 Å². The molecule has 0 aromatic carbocycles. The fraction of sp³-hybridized carbons (Fsp3) is 1.00. The summed E-state index contributed by atoms with van der Waals surface area (Å²) in [4.78, 5) is 0. The Morgan fingerprint density at radius 2 is 0.925 bits per heavy atom. The average molecular weight is 940 g/mol. The van der Waals surface area contributed by atoms with E-state index in [9.17, 15) is 0 Å². The van der Waals surface area contributed by atoms with Gasteiger partial charge in [-0.25, -0.2) is 0 Å². The van der Waals surface area contributed by atoms with Gasteiger partial charge in [0.2, 0.25) is 0 Å². The van der Waals surface area contributed by atoms with Crippen molar-refractivity contribution in [2.75, 3.05) is 0 Å². The number of rotatable bonds is 11. The van der Waals surface area contributed by atoms with Crippen LogP contribution in [-0.4, -0.2) is 0 Å². The Labute approximate surface area is 428 Å². The van der Waals surface area contributed by atoms with E-state index in [1.54, 1.807) is 0 Å². The fourth-order valence-corrected chi connectivity index (χ4v) is 13.9. The Bertz CT molecular complexity index is 1300. The van der Waals surface area contributed by atoms with E-state index in [4.69, 9.17) is 0 Å². The average Bonchev–Trinajstić information content (AvgIpc) is 3.27. The lowest BCUT2D eigenvalue weighted by Crippen LogP contribution is -2.38. The molecular formula is C67H134. The van der Waals surface area contributed by atoms with Crippen LogP contribution in [0.4, 0.5) is 0 Å². The van der Waals surface area contributed by atoms with Gasteiger partial charge in [0.25, 0.3) is 0 Å². The van der Waals surface area contributed by atoms with E-state index in [0.717, 1.165) is 71.0 Å². The molecule has 5 aliphatic rings. The molecular weight excluding hydrogens is 805 g/mol. The molecule has 0 heteroatoms. The summed E-state index contributed by atoms with van der Waals surface area (Å²) >= 11 is 0. The van der Waals surface area contributed by atoms with Crippen molar-refractivity contribution in [1.29, 1.82) is 0 Å². The van der Waals surface area contributed by atoms with E-state index in [0.29, 0.717) is 37.9 Å². The van der Waals surface area contributed by atoms with Crippen molar-refractivity contribution in [1.82, 2.24) is 0 Å². The van der Waals surface area contributed by atoms with Crippen LogP contribution in [0, 0.1) is 109 Å². The Kier molecular flexibility index (Phi) is 27.1. The molecule has 0 aliphatic heterocycles. The van der Waals surface area contributed by atoms with Crippen LogP contribution < -0.4 is 0 Å². The third-order valence-electron chi connectivity index (χ3n) is 23.8. The van der Waals surface area contributed by atoms with Crippen LogP contribution in [0.5, 0.6) is 0 Å². The number of hydrogen-bond acceptors (Lipinski definition) is 0. The topological polar surface area (TPSA) is 0 Å². The highest BCUT2D eigenvalue weighted by atomic mass is 14.5. The van der Waals surface area contributed by atoms with Crippen LogP contribution in [0.2, 0.25) is 0 Å². The second-order valence-electron chi connectivity index (χ2n) is 30.2. The zero-order valence-corrected chi connectivity index (χ0v) is 52.0. The highest BCUT2D eigenvalue weighted by Gasteiger charge is 2.42. The predicted molar refractivity (Wildman–Crippen MR) is 308 cm³/mol. The van der Waals surface area contributed by atoms with Gasteiger partial charge in [0.15, 0.2) is 0 Å². The maximum absolute atomic E-state index is 2.51. The van der Waals surface area contributed by atoms with Crippen LogP contribution in [-0.2, 0) is 0 Å². The quantitative estimate of drug-likeness (QED) is 0.194. The van der Waals surface area contributed by atoms with Crippen molar-refractivity contribution in [2.24, 2.45) is 109 Å². The van der Waals surface area contributed by atoms with Crippen LogP contribution in [0.3, 0.4) is 0 Å². The summed E-state index contributed by atoms with van der Waals surface area (Å²) in [5.41, 5.74) is 4.21. The van der Waals surface area contributed by atoms with Gasteiger partial charge in [0.1, 0.15) is 0 Å². The summed E-state index contributed by atoms with van der Waals surface area (Å²) in [6, 6.07) is 0. The molecule has 0 N–H and O–H groups in total. The first-order chi connectivity index (χ1) is 30.7. The van der Waals surface area contributed by atoms with Crippen molar-refractivity contribution >= 4 is 0 Å². The maximum Gasteiger partial charge on any atom is -0.0274 e. The molecule has 0 heterocycles. The molecule has 5 saturated carbocycles. The lowest BCUT2D eigenvalue weighted by atomic mass is 9.58. The molecule has 12 atom stereocenters. The minimum Gasteiger partial charge on any atom is -0.0651 e. The first-order valence-corrected chi connectivity index (χ1v) is 30.7. The van der Waals surface area contributed by atoms with Gasteiger partial charge in [-0.15, -0.1) is 0 Å². The molecule has 0 saturated heterocycles. The van der Waals surface area contributed by atoms with Crippen molar-refractivity contribution in [3.8, 4) is 0 Å². The first-order valence-electron chi connectivity index (χ1n) is 30.7. The standard InChI is InChI=1S/C15H30.2C14H28.C13H26.C11H22/c1-7-14(4,5)13-9-8-10-15(6,11-13)12(2)3;1-10(2)13-8-7-12(5)14(6,9-13)11(3)4;1-6-13(3,4)12-9-8-10-14(5,7-2)11-12;1-6-13(5)9-12(10(2)3)8-7-11(13)4;1-5-10-7-6-9(2)11(3,4)8-10/h12-13H,7-11H2,1-6H3;10-13H,7-9H2,1-6H3;12H,6-11H2,1-5H3;10-12H,6-9H2,1-5H3;9-10H,5-8H2,1-4H3. The number of hydrogen-bond donors (Lipinski definition) is 0. The Morgan fingerprint density at radius 1 is 0.463 bits per heavy atom. The Balaban J connectivity index is 0.000000420. The third-order valence-corrected chi connectivity index (χ3v) is 23.8. The molecule has 5 rings (SSSR count). The van der Waals surface area contributed by atoms with E-state index in [-0.39, 0.29) is 0 Å². The lowest BCUT2D eigenvalue weighted by molar-refractivity contribution is 0.0253. The normalized spacial score (nSPS) is 37.0. The minimum atomic E-state index is 0.552. The zero-order chi connectivity index (χ0) is 52.0. The smallest absolute Gasteiger partial charge is 0.0274 e. The maximum atomic E-state index is 2.51. The van der Waals surface area contributed by atoms with E-state index in [1.165, 1.54) is 141 Å². The van der Waals surface area contributed by atoms with Crippen LogP contribution in [0.25, 0.3) is 0 Å². The molecule has 12 unspecified atom stereocenters. The Morgan fingerprint density at radius 3 is 1.34 bits per heavy atom. The van der Waals surface area contributed by atoms with Gasteiger partial charge in [0, 0.05) is 0 Å². The highest BCUT2D eigenvalue weighted by Crippen LogP contribution is 2.53. The molecule has 0 bridgehead atoms. The van der Waals surface area contributed by atoms with E-state index >= 15 is 0 Å². The van der Waals surface area contributed by atoms with Crippen molar-refractivity contribution < 1.29 is 0 Å². The summed E-state index contributed by atoms with van der Waals surface area (Å²) in [6.07, 6.45) is 31.5. The van der Waals surface area contributed by atoms with E-state index in [2.05, 4.69) is 180 Å². The van der Waals surface area contributed by atoms with Crippen molar-refractivity contribution in [3.05, 3.63) is 0 Å². The van der Waals surface area contributed by atoms with Gasteiger partial charge < -0.3 is 0 Å². The van der Waals surface area contributed by atoms with Gasteiger partial charge in [-0.3, -0.25) is 0 Å². The minimum absolute atomic E-state index is 0.552. The molecule has 67 heavy (non-hydrogen) atoms. The monoisotopic (exact) mass is 939 g/mol. The summed E-state index contributed by atoms with van der Waals surface area (Å²) in [5.74, 6) is 11.1. The van der Waals surface area contributed by atoms with Crippen molar-refractivity contribution in [3.63, 3.8) is 0 Å². The van der Waals surface area contributed by atoms with Gasteiger partial charge >= 0.3 is 0 Å². The Hall–Kier alpha value is 0. The summed E-state index contributed by atoms with van der Waals surface area (Å²) in [5, 5.41) is 0. The molecule has 0 amide bonds. The zero-order valence-electron chi connectivity index (χ0n) is 52.0. The second kappa shape index (κ2) is 27.9. The fourth-order valence-electron chi connectivity index (χ4n) is 13.9. The van der Waals surface area contributed by atoms with Crippen molar-refractivity contribution in [2.45, 2.75) is 321 Å². The molecule has 5 fully saturated rings. The van der Waals surface area contributed by atoms with Gasteiger partial charge in [0.05, 0.1) is 0 Å². The van der Waals surface area contributed by atoms with Crippen LogP contribution in [0.15, 0.2) is 0 Å². The largest absolute Gasteiger partial charge is 0.0651 e. The molecule has 0 radical (unpaired) electrons. The van der Waals surface area contributed by atoms with Gasteiger partial charge in [-0.05, 0) is 199 Å². The van der Waals surface area contributed by atoms with Crippen LogP contribution >= 0.6 is 0 Å². The molecule has 0 aromatic heterocycles. The first kappa shape index (κ1) is 65.0. The molecule has 0 spiro atoms. The summed E-state index contributed by atoms with van der Waals surface area (Å²) < 4.78 is 0.